The van der Waals surface area contributed by atoms with E-state index in [1.807, 2.05) is 36.4 Å². The van der Waals surface area contributed by atoms with Gasteiger partial charge in [-0.2, -0.15) is 0 Å². The second kappa shape index (κ2) is 10.3. The van der Waals surface area contributed by atoms with Gasteiger partial charge in [0.25, 0.3) is 0 Å². The van der Waals surface area contributed by atoms with E-state index in [1.165, 1.54) is 42.5 Å². The highest BCUT2D eigenvalue weighted by Crippen LogP contribution is 2.47. The van der Waals surface area contributed by atoms with Gasteiger partial charge < -0.3 is 10.6 Å². The molecule has 1 saturated carbocycles. The van der Waals surface area contributed by atoms with E-state index < -0.39 is 0 Å². The van der Waals surface area contributed by atoms with Crippen LogP contribution in [0.4, 0.5) is 22.0 Å². The zero-order valence-corrected chi connectivity index (χ0v) is 22.8. The van der Waals surface area contributed by atoms with Crippen molar-refractivity contribution in [3.8, 4) is 0 Å². The van der Waals surface area contributed by atoms with E-state index >= 15 is 0 Å². The van der Waals surface area contributed by atoms with Crippen molar-refractivity contribution in [2.24, 2.45) is 0 Å². The molecule has 0 saturated heterocycles. The lowest BCUT2D eigenvalue weighted by molar-refractivity contribution is 0.248. The first-order valence-electron chi connectivity index (χ1n) is 13.1. The first-order chi connectivity index (χ1) is 18.1. The summed E-state index contributed by atoms with van der Waals surface area (Å²) < 4.78 is 0. The molecule has 1 aliphatic heterocycles. The largest absolute Gasteiger partial charge is 0.368 e. The van der Waals surface area contributed by atoms with Crippen LogP contribution in [0.1, 0.15) is 54.3 Å². The molecule has 6 rings (SSSR count). The average molecular weight is 530 g/mol. The van der Waals surface area contributed by atoms with Gasteiger partial charge in [0.2, 0.25) is 0 Å². The number of thiophene rings is 1. The molecule has 2 N–H and O–H groups in total. The molecule has 0 atom stereocenters. The minimum Gasteiger partial charge on any atom is -0.368 e. The molecule has 0 bridgehead atoms. The minimum atomic E-state index is -0.125. The van der Waals surface area contributed by atoms with Crippen molar-refractivity contribution in [2.75, 3.05) is 23.3 Å². The van der Waals surface area contributed by atoms with Crippen molar-refractivity contribution in [1.29, 1.82) is 0 Å². The first-order valence-corrected chi connectivity index (χ1v) is 14.7. The Morgan fingerprint density at radius 3 is 2.32 bits per heavy atom. The molecular weight excluding hydrogens is 498 g/mol. The highest BCUT2D eigenvalue weighted by Gasteiger charge is 2.28. The Kier molecular flexibility index (Phi) is 6.78. The Balaban J connectivity index is 1.19. The van der Waals surface area contributed by atoms with Crippen LogP contribution in [0.2, 0.25) is 0 Å². The van der Waals surface area contributed by atoms with Gasteiger partial charge in [-0.3, -0.25) is 4.90 Å². The molecule has 2 amide bonds. The standard InChI is InChI=1S/C29H31N5OS2/c1-18-19(2)36-28-25(18)27(32-26(33-28)20-10-4-3-5-11-20)30-16-17-31-29(35)34-21-12-6-8-14-23(21)37-24-15-9-7-13-22(24)34/h6-9,12-15,20H,3-5,10-11,16-17H2,1-2H3,(H,31,35)(H,30,32,33). The van der Waals surface area contributed by atoms with Gasteiger partial charge in [-0.15, -0.1) is 11.3 Å². The van der Waals surface area contributed by atoms with Gasteiger partial charge in [0.05, 0.1) is 16.8 Å². The predicted octanol–water partition coefficient (Wildman–Crippen LogP) is 7.78. The van der Waals surface area contributed by atoms with E-state index in [4.69, 9.17) is 9.97 Å². The SMILES string of the molecule is Cc1sc2nc(C3CCCCC3)nc(NCCNC(=O)N3c4ccccc4Sc4ccccc43)c2c1C. The normalized spacial score (nSPS) is 15.4. The lowest BCUT2D eigenvalue weighted by Gasteiger charge is -2.31. The van der Waals surface area contributed by atoms with Crippen LogP contribution >= 0.6 is 23.1 Å². The maximum atomic E-state index is 13.4. The number of nitrogens with zero attached hydrogens (tertiary/aromatic N) is 3. The second-order valence-electron chi connectivity index (χ2n) is 9.76. The van der Waals surface area contributed by atoms with Crippen molar-refractivity contribution in [3.05, 3.63) is 64.8 Å². The zero-order chi connectivity index (χ0) is 25.4. The quantitative estimate of drug-likeness (QED) is 0.258. The van der Waals surface area contributed by atoms with Crippen LogP contribution in [-0.2, 0) is 0 Å². The van der Waals surface area contributed by atoms with Crippen molar-refractivity contribution in [3.63, 3.8) is 0 Å². The summed E-state index contributed by atoms with van der Waals surface area (Å²) in [5.41, 5.74) is 3.06. The molecule has 0 unspecified atom stereocenters. The number of aromatic nitrogens is 2. The summed E-state index contributed by atoms with van der Waals surface area (Å²) in [7, 11) is 0. The minimum absolute atomic E-state index is 0.125. The van der Waals surface area contributed by atoms with E-state index in [0.29, 0.717) is 19.0 Å². The molecule has 2 aromatic heterocycles. The maximum absolute atomic E-state index is 13.4. The molecule has 37 heavy (non-hydrogen) atoms. The molecule has 6 nitrogen and oxygen atoms in total. The fraction of sp³-hybridized carbons (Fsp3) is 0.345. The van der Waals surface area contributed by atoms with Gasteiger partial charge in [-0.25, -0.2) is 14.8 Å². The van der Waals surface area contributed by atoms with Gasteiger partial charge in [0.15, 0.2) is 0 Å². The molecule has 8 heteroatoms. The highest BCUT2D eigenvalue weighted by molar-refractivity contribution is 7.99. The monoisotopic (exact) mass is 529 g/mol. The van der Waals surface area contributed by atoms with Gasteiger partial charge in [-0.1, -0.05) is 55.3 Å². The van der Waals surface area contributed by atoms with E-state index in [2.05, 4.69) is 36.6 Å². The molecule has 0 radical (unpaired) electrons. The van der Waals surface area contributed by atoms with Gasteiger partial charge >= 0.3 is 6.03 Å². The molecule has 2 aromatic carbocycles. The topological polar surface area (TPSA) is 70.1 Å². The summed E-state index contributed by atoms with van der Waals surface area (Å²) in [4.78, 5) is 29.7. The lowest BCUT2D eigenvalue weighted by Crippen LogP contribution is -2.40. The maximum Gasteiger partial charge on any atom is 0.326 e. The average Bonchev–Trinajstić information content (AvgIpc) is 3.22. The van der Waals surface area contributed by atoms with E-state index in [0.717, 1.165) is 43.0 Å². The summed E-state index contributed by atoms with van der Waals surface area (Å²) in [6.45, 7) is 5.37. The fourth-order valence-electron chi connectivity index (χ4n) is 5.29. The third kappa shape index (κ3) is 4.68. The summed E-state index contributed by atoms with van der Waals surface area (Å²) in [5.74, 6) is 2.31. The van der Waals surface area contributed by atoms with Crippen LogP contribution in [0.3, 0.4) is 0 Å². The zero-order valence-electron chi connectivity index (χ0n) is 21.2. The number of rotatable bonds is 5. The number of amides is 2. The number of nitrogens with one attached hydrogen (secondary N) is 2. The number of hydrogen-bond acceptors (Lipinski definition) is 6. The highest BCUT2D eigenvalue weighted by atomic mass is 32.2. The summed E-state index contributed by atoms with van der Waals surface area (Å²) in [6, 6.07) is 16.0. The molecule has 3 heterocycles. The summed E-state index contributed by atoms with van der Waals surface area (Å²) in [6.07, 6.45) is 6.16. The molecule has 1 fully saturated rings. The lowest BCUT2D eigenvalue weighted by atomic mass is 9.88. The molecule has 2 aliphatic rings. The second-order valence-corrected chi connectivity index (χ2v) is 12.0. The van der Waals surface area contributed by atoms with Crippen molar-refractivity contribution < 1.29 is 4.79 Å². The summed E-state index contributed by atoms with van der Waals surface area (Å²) >= 11 is 3.45. The number of carbonyl (C=O) groups is 1. The molecule has 4 aromatic rings. The summed E-state index contributed by atoms with van der Waals surface area (Å²) in [5, 5.41) is 7.78. The van der Waals surface area contributed by atoms with Gasteiger partial charge in [0, 0.05) is 33.7 Å². The smallest absolute Gasteiger partial charge is 0.326 e. The molecule has 0 spiro atoms. The van der Waals surface area contributed by atoms with Crippen LogP contribution in [0, 0.1) is 13.8 Å². The Labute approximate surface area is 225 Å². The number of para-hydroxylation sites is 2. The first kappa shape index (κ1) is 24.2. The van der Waals surface area contributed by atoms with Crippen LogP contribution in [-0.4, -0.2) is 29.1 Å². The third-order valence-electron chi connectivity index (χ3n) is 7.35. The third-order valence-corrected chi connectivity index (χ3v) is 9.58. The Morgan fingerprint density at radius 1 is 0.946 bits per heavy atom. The van der Waals surface area contributed by atoms with E-state index in [9.17, 15) is 4.79 Å². The number of fused-ring (bicyclic) bond motifs is 3. The van der Waals surface area contributed by atoms with Crippen molar-refractivity contribution >= 4 is 56.5 Å². The number of anilines is 3. The fourth-order valence-corrected chi connectivity index (χ4v) is 7.38. The number of carbonyl (C=O) groups excluding carboxylic acids is 1. The van der Waals surface area contributed by atoms with Crippen molar-refractivity contribution in [1.82, 2.24) is 15.3 Å². The predicted molar refractivity (Wildman–Crippen MR) is 154 cm³/mol. The van der Waals surface area contributed by atoms with Crippen LogP contribution in [0.15, 0.2) is 58.3 Å². The van der Waals surface area contributed by atoms with Gasteiger partial charge in [-0.05, 0) is 56.5 Å². The van der Waals surface area contributed by atoms with Gasteiger partial charge in [0.1, 0.15) is 16.5 Å². The van der Waals surface area contributed by atoms with E-state index in [-0.39, 0.29) is 6.03 Å². The van der Waals surface area contributed by atoms with Crippen molar-refractivity contribution in [2.45, 2.75) is 61.7 Å². The Hall–Kier alpha value is -3.10. The number of aryl methyl sites for hydroxylation is 2. The Morgan fingerprint density at radius 2 is 1.62 bits per heavy atom. The molecule has 1 aliphatic carbocycles. The van der Waals surface area contributed by atoms with Crippen LogP contribution in [0.25, 0.3) is 10.2 Å². The van der Waals surface area contributed by atoms with Crippen LogP contribution in [0.5, 0.6) is 0 Å². The van der Waals surface area contributed by atoms with Crippen LogP contribution < -0.4 is 15.5 Å². The van der Waals surface area contributed by atoms with E-state index in [1.54, 1.807) is 28.0 Å². The molecule has 190 valence electrons. The Bertz CT molecular complexity index is 1410. The molecular formula is C29H31N5OS2. The number of urea groups is 1. The number of hydrogen-bond donors (Lipinski definition) is 2. The number of benzene rings is 2.